The van der Waals surface area contributed by atoms with Gasteiger partial charge in [-0.05, 0) is 6.92 Å². The second kappa shape index (κ2) is 3.16. The molecule has 0 aliphatic heterocycles. The van der Waals surface area contributed by atoms with E-state index in [-0.39, 0.29) is 5.78 Å². The van der Waals surface area contributed by atoms with Gasteiger partial charge in [-0.2, -0.15) is 5.26 Å². The maximum atomic E-state index is 10.3. The van der Waals surface area contributed by atoms with E-state index in [2.05, 4.69) is 4.74 Å². The van der Waals surface area contributed by atoms with E-state index in [1.54, 1.807) is 6.07 Å². The summed E-state index contributed by atoms with van der Waals surface area (Å²) in [6, 6.07) is 1.68. The number of hydrogen-bond acceptors (Lipinski definition) is 3. The molecule has 3 heteroatoms. The van der Waals surface area contributed by atoms with Gasteiger partial charge < -0.3 is 4.74 Å². The molecule has 0 radical (unpaired) electrons. The monoisotopic (exact) mass is 113 g/mol. The molecule has 44 valence electrons. The van der Waals surface area contributed by atoms with E-state index < -0.39 is 6.10 Å². The van der Waals surface area contributed by atoms with Gasteiger partial charge in [0.2, 0.25) is 6.10 Å². The number of ether oxygens (including phenoxy) is 1. The Bertz CT molecular complexity index is 125. The first-order valence-electron chi connectivity index (χ1n) is 2.15. The standard InChI is InChI=1S/C5H7NO2/c1-4(7)5(3-6)8-2/h5H,1-2H3/t5-/m0/s1. The fourth-order valence-electron chi connectivity index (χ4n) is 0.310. The van der Waals surface area contributed by atoms with Crippen LogP contribution < -0.4 is 0 Å². The van der Waals surface area contributed by atoms with Crippen molar-refractivity contribution < 1.29 is 9.53 Å². The van der Waals surface area contributed by atoms with Crippen molar-refractivity contribution in [1.29, 1.82) is 5.26 Å². The number of methoxy groups -OCH3 is 1. The highest BCUT2D eigenvalue weighted by atomic mass is 16.5. The van der Waals surface area contributed by atoms with Crippen LogP contribution in [-0.2, 0) is 9.53 Å². The summed E-state index contributed by atoms with van der Waals surface area (Å²) in [5, 5.41) is 8.10. The molecule has 0 aliphatic rings. The van der Waals surface area contributed by atoms with Gasteiger partial charge in [0.25, 0.3) is 0 Å². The van der Waals surface area contributed by atoms with Gasteiger partial charge in [-0.25, -0.2) is 0 Å². The van der Waals surface area contributed by atoms with E-state index in [1.165, 1.54) is 14.0 Å². The molecule has 0 N–H and O–H groups in total. The predicted octanol–water partition coefficient (Wildman–Crippen LogP) is 0.114. The summed E-state index contributed by atoms with van der Waals surface area (Å²) in [7, 11) is 1.33. The van der Waals surface area contributed by atoms with Crippen LogP contribution in [0.15, 0.2) is 0 Å². The number of carbonyl (C=O) groups is 1. The van der Waals surface area contributed by atoms with Gasteiger partial charge in [-0.1, -0.05) is 0 Å². The molecular formula is C5H7NO2. The van der Waals surface area contributed by atoms with E-state index in [0.717, 1.165) is 0 Å². The van der Waals surface area contributed by atoms with Gasteiger partial charge in [0.1, 0.15) is 6.07 Å². The first kappa shape index (κ1) is 7.12. The molecule has 0 saturated heterocycles. The fraction of sp³-hybridized carbons (Fsp3) is 0.600. The minimum Gasteiger partial charge on any atom is -0.359 e. The largest absolute Gasteiger partial charge is 0.359 e. The molecule has 0 bridgehead atoms. The van der Waals surface area contributed by atoms with Gasteiger partial charge in [-0.15, -0.1) is 0 Å². The summed E-state index contributed by atoms with van der Waals surface area (Å²) in [5.41, 5.74) is 0. The number of carbonyl (C=O) groups excluding carboxylic acids is 1. The second-order valence-corrected chi connectivity index (χ2v) is 1.36. The van der Waals surface area contributed by atoms with E-state index in [0.29, 0.717) is 0 Å². The predicted molar refractivity (Wildman–Crippen MR) is 27.1 cm³/mol. The molecule has 3 nitrogen and oxygen atoms in total. The summed E-state index contributed by atoms with van der Waals surface area (Å²) in [4.78, 5) is 10.3. The van der Waals surface area contributed by atoms with Crippen LogP contribution in [0.1, 0.15) is 6.92 Å². The number of nitrogens with zero attached hydrogens (tertiary/aromatic N) is 1. The molecule has 0 fully saturated rings. The van der Waals surface area contributed by atoms with Crippen molar-refractivity contribution in [3.05, 3.63) is 0 Å². The maximum absolute atomic E-state index is 10.3. The Kier molecular flexibility index (Phi) is 2.82. The van der Waals surface area contributed by atoms with E-state index in [9.17, 15) is 4.79 Å². The van der Waals surface area contributed by atoms with Crippen molar-refractivity contribution >= 4 is 5.78 Å². The molecular weight excluding hydrogens is 106 g/mol. The van der Waals surface area contributed by atoms with Crippen molar-refractivity contribution in [1.82, 2.24) is 0 Å². The van der Waals surface area contributed by atoms with Crippen LogP contribution in [0.5, 0.6) is 0 Å². The topological polar surface area (TPSA) is 50.1 Å². The van der Waals surface area contributed by atoms with E-state index >= 15 is 0 Å². The lowest BCUT2D eigenvalue weighted by Gasteiger charge is -1.97. The van der Waals surface area contributed by atoms with Crippen LogP contribution in [0.3, 0.4) is 0 Å². The highest BCUT2D eigenvalue weighted by Crippen LogP contribution is 1.86. The molecule has 0 unspecified atom stereocenters. The average molecular weight is 113 g/mol. The molecule has 1 atom stereocenters. The number of rotatable bonds is 2. The van der Waals surface area contributed by atoms with Crippen LogP contribution in [0.25, 0.3) is 0 Å². The Morgan fingerprint density at radius 2 is 2.38 bits per heavy atom. The molecule has 0 aromatic heterocycles. The molecule has 0 heterocycles. The van der Waals surface area contributed by atoms with Crippen LogP contribution in [0.2, 0.25) is 0 Å². The molecule has 0 aromatic carbocycles. The smallest absolute Gasteiger partial charge is 0.201 e. The van der Waals surface area contributed by atoms with E-state index in [1.807, 2.05) is 0 Å². The SMILES string of the molecule is CO[C@@H](C#N)C(C)=O. The van der Waals surface area contributed by atoms with Gasteiger partial charge >= 0.3 is 0 Å². The van der Waals surface area contributed by atoms with Crippen molar-refractivity contribution in [3.8, 4) is 6.07 Å². The molecule has 0 aliphatic carbocycles. The third-order valence-corrected chi connectivity index (χ3v) is 0.722. The third kappa shape index (κ3) is 1.71. The lowest BCUT2D eigenvalue weighted by atomic mass is 10.3. The molecule has 0 saturated carbocycles. The molecule has 0 rings (SSSR count). The maximum Gasteiger partial charge on any atom is 0.201 e. The first-order valence-corrected chi connectivity index (χ1v) is 2.15. The first-order chi connectivity index (χ1) is 3.72. The molecule has 0 spiro atoms. The number of hydrogen-bond donors (Lipinski definition) is 0. The number of Topliss-reactive ketones (excluding diaryl/α,β-unsaturated/α-hetero) is 1. The van der Waals surface area contributed by atoms with Gasteiger partial charge in [0.15, 0.2) is 5.78 Å². The highest BCUT2D eigenvalue weighted by molar-refractivity contribution is 5.82. The van der Waals surface area contributed by atoms with Gasteiger partial charge in [0.05, 0.1) is 0 Å². The van der Waals surface area contributed by atoms with E-state index in [4.69, 9.17) is 5.26 Å². The Labute approximate surface area is 47.9 Å². The lowest BCUT2D eigenvalue weighted by molar-refractivity contribution is -0.123. The average Bonchev–Trinajstić information content (AvgIpc) is 1.69. The molecule has 8 heavy (non-hydrogen) atoms. The van der Waals surface area contributed by atoms with Crippen molar-refractivity contribution in [2.45, 2.75) is 13.0 Å². The zero-order chi connectivity index (χ0) is 6.57. The van der Waals surface area contributed by atoms with Crippen molar-refractivity contribution in [2.24, 2.45) is 0 Å². The second-order valence-electron chi connectivity index (χ2n) is 1.36. The third-order valence-electron chi connectivity index (χ3n) is 0.722. The van der Waals surface area contributed by atoms with Crippen LogP contribution >= 0.6 is 0 Å². The lowest BCUT2D eigenvalue weighted by Crippen LogP contribution is -2.16. The summed E-state index contributed by atoms with van der Waals surface area (Å²) < 4.78 is 4.45. The fourth-order valence-corrected chi connectivity index (χ4v) is 0.310. The zero-order valence-corrected chi connectivity index (χ0v) is 4.84. The zero-order valence-electron chi connectivity index (χ0n) is 4.84. The summed E-state index contributed by atoms with van der Waals surface area (Å²) in [6.45, 7) is 1.32. The number of nitriles is 1. The summed E-state index contributed by atoms with van der Waals surface area (Å²) in [6.07, 6.45) is -0.880. The van der Waals surface area contributed by atoms with Crippen LogP contribution in [-0.4, -0.2) is 19.0 Å². The molecule has 0 aromatic rings. The minimum absolute atomic E-state index is 0.255. The van der Waals surface area contributed by atoms with Gasteiger partial charge in [0, 0.05) is 7.11 Å². The Morgan fingerprint density at radius 1 is 1.88 bits per heavy atom. The Hall–Kier alpha value is -0.880. The highest BCUT2D eigenvalue weighted by Gasteiger charge is 2.08. The van der Waals surface area contributed by atoms with Gasteiger partial charge in [-0.3, -0.25) is 4.79 Å². The minimum atomic E-state index is -0.880. The van der Waals surface area contributed by atoms with Crippen molar-refractivity contribution in [2.75, 3.05) is 7.11 Å². The van der Waals surface area contributed by atoms with Crippen molar-refractivity contribution in [3.63, 3.8) is 0 Å². The summed E-state index contributed by atoms with van der Waals surface area (Å²) in [5.74, 6) is -0.255. The van der Waals surface area contributed by atoms with Crippen LogP contribution in [0, 0.1) is 11.3 Å². The Morgan fingerprint density at radius 3 is 2.38 bits per heavy atom. The van der Waals surface area contributed by atoms with Crippen LogP contribution in [0.4, 0.5) is 0 Å². The normalized spacial score (nSPS) is 12.1. The summed E-state index contributed by atoms with van der Waals surface area (Å²) >= 11 is 0. The Balaban J connectivity index is 3.76. The molecule has 0 amide bonds. The quantitative estimate of drug-likeness (QED) is 0.510. The number of ketones is 1.